The molecule has 0 amide bonds. The summed E-state index contributed by atoms with van der Waals surface area (Å²) in [6.07, 6.45) is 4.14. The van der Waals surface area contributed by atoms with Gasteiger partial charge in [-0.1, -0.05) is 6.92 Å². The first-order chi connectivity index (χ1) is 9.67. The molecule has 1 saturated heterocycles. The van der Waals surface area contributed by atoms with Gasteiger partial charge in [-0.15, -0.1) is 0 Å². The molecule has 0 bridgehead atoms. The van der Waals surface area contributed by atoms with Gasteiger partial charge in [0.15, 0.2) is 0 Å². The monoisotopic (exact) mass is 282 g/mol. The SMILES string of the molecule is CCC1CCN(CCc2cc(F)cc(F)c2)CCCN1. The number of benzene rings is 1. The van der Waals surface area contributed by atoms with Crippen LogP contribution < -0.4 is 5.32 Å². The Morgan fingerprint density at radius 3 is 2.65 bits per heavy atom. The Morgan fingerprint density at radius 1 is 1.20 bits per heavy atom. The van der Waals surface area contributed by atoms with Crippen LogP contribution in [0, 0.1) is 11.6 Å². The van der Waals surface area contributed by atoms with Crippen LogP contribution in [0.4, 0.5) is 8.78 Å². The average molecular weight is 282 g/mol. The minimum atomic E-state index is -0.483. The highest BCUT2D eigenvalue weighted by Crippen LogP contribution is 2.11. The zero-order valence-electron chi connectivity index (χ0n) is 12.2. The molecule has 1 heterocycles. The number of hydrogen-bond donors (Lipinski definition) is 1. The van der Waals surface area contributed by atoms with Crippen LogP contribution in [0.5, 0.6) is 0 Å². The Morgan fingerprint density at radius 2 is 1.95 bits per heavy atom. The van der Waals surface area contributed by atoms with Crippen molar-refractivity contribution in [2.75, 3.05) is 26.2 Å². The molecule has 4 heteroatoms. The standard InChI is InChI=1S/C16H24F2N2/c1-2-16-5-9-20(7-3-6-19-16)8-4-13-10-14(17)12-15(18)11-13/h10-12,16,19H,2-9H2,1H3. The van der Waals surface area contributed by atoms with E-state index in [1.807, 2.05) is 0 Å². The summed E-state index contributed by atoms with van der Waals surface area (Å²) in [5.41, 5.74) is 0.745. The number of rotatable bonds is 4. The lowest BCUT2D eigenvalue weighted by Crippen LogP contribution is -2.40. The van der Waals surface area contributed by atoms with Gasteiger partial charge >= 0.3 is 0 Å². The second-order valence-corrected chi connectivity index (χ2v) is 5.57. The molecule has 0 spiro atoms. The van der Waals surface area contributed by atoms with E-state index in [4.69, 9.17) is 0 Å². The predicted molar refractivity (Wildman–Crippen MR) is 77.8 cm³/mol. The minimum Gasteiger partial charge on any atom is -0.314 e. The van der Waals surface area contributed by atoms with E-state index in [0.717, 1.165) is 57.1 Å². The highest BCUT2D eigenvalue weighted by atomic mass is 19.1. The molecule has 1 fully saturated rings. The number of nitrogens with zero attached hydrogens (tertiary/aromatic N) is 1. The summed E-state index contributed by atoms with van der Waals surface area (Å²) in [4.78, 5) is 2.41. The molecule has 1 N–H and O–H groups in total. The first kappa shape index (κ1) is 15.4. The van der Waals surface area contributed by atoms with Crippen molar-refractivity contribution in [3.05, 3.63) is 35.4 Å². The van der Waals surface area contributed by atoms with Gasteiger partial charge in [-0.05, 0) is 63.0 Å². The van der Waals surface area contributed by atoms with Gasteiger partial charge in [0.25, 0.3) is 0 Å². The minimum absolute atomic E-state index is 0.483. The average Bonchev–Trinajstić information content (AvgIpc) is 2.37. The summed E-state index contributed by atoms with van der Waals surface area (Å²) in [7, 11) is 0. The van der Waals surface area contributed by atoms with Crippen molar-refractivity contribution in [2.45, 2.75) is 38.6 Å². The third kappa shape index (κ3) is 4.84. The molecule has 1 aliphatic rings. The van der Waals surface area contributed by atoms with Gasteiger partial charge in [0, 0.05) is 18.7 Å². The van der Waals surface area contributed by atoms with E-state index >= 15 is 0 Å². The number of nitrogens with one attached hydrogen (secondary N) is 1. The van der Waals surface area contributed by atoms with Gasteiger partial charge in [-0.2, -0.15) is 0 Å². The second-order valence-electron chi connectivity index (χ2n) is 5.57. The summed E-state index contributed by atoms with van der Waals surface area (Å²) in [5, 5.41) is 3.55. The molecular formula is C16H24F2N2. The topological polar surface area (TPSA) is 15.3 Å². The van der Waals surface area contributed by atoms with Crippen LogP contribution in [0.3, 0.4) is 0 Å². The quantitative estimate of drug-likeness (QED) is 0.913. The molecule has 2 rings (SSSR count). The van der Waals surface area contributed by atoms with Gasteiger partial charge in [-0.3, -0.25) is 0 Å². The Balaban J connectivity index is 1.85. The van der Waals surface area contributed by atoms with Crippen molar-refractivity contribution >= 4 is 0 Å². The first-order valence-corrected chi connectivity index (χ1v) is 7.58. The van der Waals surface area contributed by atoms with Crippen molar-refractivity contribution in [1.82, 2.24) is 10.2 Å². The second kappa shape index (κ2) is 7.70. The zero-order chi connectivity index (χ0) is 14.4. The largest absolute Gasteiger partial charge is 0.314 e. The molecule has 0 radical (unpaired) electrons. The van der Waals surface area contributed by atoms with Gasteiger partial charge in [0.05, 0.1) is 0 Å². The maximum absolute atomic E-state index is 13.1. The number of hydrogen-bond acceptors (Lipinski definition) is 2. The van der Waals surface area contributed by atoms with Crippen LogP contribution in [0.2, 0.25) is 0 Å². The lowest BCUT2D eigenvalue weighted by molar-refractivity contribution is 0.233. The van der Waals surface area contributed by atoms with E-state index in [-0.39, 0.29) is 0 Å². The third-order valence-electron chi connectivity index (χ3n) is 4.01. The molecule has 1 unspecified atom stereocenters. The lowest BCUT2D eigenvalue weighted by Gasteiger charge is -2.28. The maximum Gasteiger partial charge on any atom is 0.126 e. The van der Waals surface area contributed by atoms with Crippen molar-refractivity contribution in [3.63, 3.8) is 0 Å². The van der Waals surface area contributed by atoms with Crippen LogP contribution >= 0.6 is 0 Å². The Hall–Kier alpha value is -1.00. The van der Waals surface area contributed by atoms with Crippen molar-refractivity contribution in [1.29, 1.82) is 0 Å². The predicted octanol–water partition coefficient (Wildman–Crippen LogP) is 2.97. The molecule has 20 heavy (non-hydrogen) atoms. The third-order valence-corrected chi connectivity index (χ3v) is 4.01. The van der Waals surface area contributed by atoms with Crippen molar-refractivity contribution in [2.24, 2.45) is 0 Å². The molecule has 1 aromatic carbocycles. The Kier molecular flexibility index (Phi) is 5.92. The van der Waals surface area contributed by atoms with Crippen molar-refractivity contribution in [3.8, 4) is 0 Å². The molecule has 1 aliphatic heterocycles. The normalized spacial score (nSPS) is 21.4. The smallest absolute Gasteiger partial charge is 0.126 e. The molecule has 1 atom stereocenters. The molecular weight excluding hydrogens is 258 g/mol. The highest BCUT2D eigenvalue weighted by molar-refractivity contribution is 5.18. The summed E-state index contributed by atoms with van der Waals surface area (Å²) in [6.45, 7) is 6.26. The molecule has 0 aromatic heterocycles. The first-order valence-electron chi connectivity index (χ1n) is 7.58. The van der Waals surface area contributed by atoms with Crippen LogP contribution in [0.25, 0.3) is 0 Å². The summed E-state index contributed by atoms with van der Waals surface area (Å²) < 4.78 is 26.3. The van der Waals surface area contributed by atoms with Crippen LogP contribution in [-0.4, -0.2) is 37.1 Å². The lowest BCUT2D eigenvalue weighted by atomic mass is 10.1. The van der Waals surface area contributed by atoms with Gasteiger partial charge in [-0.25, -0.2) is 8.78 Å². The highest BCUT2D eigenvalue weighted by Gasteiger charge is 2.13. The summed E-state index contributed by atoms with van der Waals surface area (Å²) in [6, 6.07) is 4.40. The fraction of sp³-hybridized carbons (Fsp3) is 0.625. The molecule has 0 aliphatic carbocycles. The zero-order valence-corrected chi connectivity index (χ0v) is 12.2. The van der Waals surface area contributed by atoms with E-state index in [0.29, 0.717) is 12.5 Å². The van der Waals surface area contributed by atoms with E-state index in [2.05, 4.69) is 17.1 Å². The maximum atomic E-state index is 13.1. The van der Waals surface area contributed by atoms with Gasteiger partial charge in [0.1, 0.15) is 11.6 Å². The van der Waals surface area contributed by atoms with Crippen LogP contribution in [-0.2, 0) is 6.42 Å². The summed E-state index contributed by atoms with van der Waals surface area (Å²) >= 11 is 0. The fourth-order valence-electron chi connectivity index (χ4n) is 2.78. The van der Waals surface area contributed by atoms with Crippen molar-refractivity contribution < 1.29 is 8.78 Å². The van der Waals surface area contributed by atoms with E-state index in [1.54, 1.807) is 0 Å². The molecule has 1 aromatic rings. The molecule has 112 valence electrons. The van der Waals surface area contributed by atoms with Gasteiger partial charge in [0.2, 0.25) is 0 Å². The Bertz CT molecular complexity index is 403. The van der Waals surface area contributed by atoms with Crippen LogP contribution in [0.15, 0.2) is 18.2 Å². The number of halogens is 2. The molecule has 0 saturated carbocycles. The Labute approximate surface area is 120 Å². The van der Waals surface area contributed by atoms with Gasteiger partial charge < -0.3 is 10.2 Å². The van der Waals surface area contributed by atoms with E-state index in [1.165, 1.54) is 12.1 Å². The van der Waals surface area contributed by atoms with Crippen LogP contribution in [0.1, 0.15) is 31.7 Å². The van der Waals surface area contributed by atoms with E-state index < -0.39 is 11.6 Å². The van der Waals surface area contributed by atoms with E-state index in [9.17, 15) is 8.78 Å². The molecule has 2 nitrogen and oxygen atoms in total. The summed E-state index contributed by atoms with van der Waals surface area (Å²) in [5.74, 6) is -0.967. The fourth-order valence-corrected chi connectivity index (χ4v) is 2.78.